The van der Waals surface area contributed by atoms with Crippen molar-refractivity contribution in [2.75, 3.05) is 6.61 Å². The summed E-state index contributed by atoms with van der Waals surface area (Å²) in [6, 6.07) is 13.2. The van der Waals surface area contributed by atoms with E-state index in [9.17, 15) is 0 Å². The molecule has 2 heterocycles. The molecular weight excluding hydrogens is 240 g/mol. The molecule has 2 aromatic heterocycles. The topological polar surface area (TPSA) is 74.6 Å². The van der Waals surface area contributed by atoms with Gasteiger partial charge in [0.25, 0.3) is 0 Å². The molecule has 0 spiro atoms. The second-order valence-corrected chi connectivity index (χ2v) is 3.90. The summed E-state index contributed by atoms with van der Waals surface area (Å²) in [5.74, 6) is 1.31. The number of aromatic amines is 1. The van der Waals surface area contributed by atoms with Crippen LogP contribution in [0.5, 0.6) is 5.75 Å². The van der Waals surface area contributed by atoms with Gasteiger partial charge in [-0.1, -0.05) is 12.1 Å². The minimum absolute atomic E-state index is 0.00942. The number of para-hydroxylation sites is 1. The number of nitrogens with one attached hydrogen (secondary N) is 1. The first kappa shape index (κ1) is 11.2. The zero-order chi connectivity index (χ0) is 13.1. The van der Waals surface area contributed by atoms with Gasteiger partial charge in [0, 0.05) is 6.20 Å². The van der Waals surface area contributed by atoms with Crippen LogP contribution in [0.25, 0.3) is 22.6 Å². The third-order valence-corrected chi connectivity index (χ3v) is 2.69. The number of rotatable bonds is 3. The van der Waals surface area contributed by atoms with Gasteiger partial charge in [0.1, 0.15) is 17.6 Å². The molecule has 3 rings (SSSR count). The lowest BCUT2D eigenvalue weighted by molar-refractivity contribution is 0.369. The van der Waals surface area contributed by atoms with Crippen LogP contribution in [-0.2, 0) is 0 Å². The lowest BCUT2D eigenvalue weighted by atomic mass is 10.2. The van der Waals surface area contributed by atoms with Crippen LogP contribution < -0.4 is 4.74 Å². The van der Waals surface area contributed by atoms with Crippen LogP contribution in [0.1, 0.15) is 0 Å². The predicted octanol–water partition coefficient (Wildman–Crippen LogP) is 2.53. The predicted molar refractivity (Wildman–Crippen MR) is 70.4 cm³/mol. The number of nitriles is 1. The maximum absolute atomic E-state index is 8.59. The fourth-order valence-corrected chi connectivity index (χ4v) is 1.87. The summed E-state index contributed by atoms with van der Waals surface area (Å²) < 4.78 is 5.40. The van der Waals surface area contributed by atoms with Gasteiger partial charge in [-0.3, -0.25) is 0 Å². The van der Waals surface area contributed by atoms with Crippen molar-refractivity contribution in [1.82, 2.24) is 15.0 Å². The van der Waals surface area contributed by atoms with Gasteiger partial charge in [-0.05, 0) is 24.3 Å². The third-order valence-electron chi connectivity index (χ3n) is 2.69. The van der Waals surface area contributed by atoms with Gasteiger partial charge < -0.3 is 9.72 Å². The first-order valence-corrected chi connectivity index (χ1v) is 5.78. The molecule has 0 amide bonds. The van der Waals surface area contributed by atoms with Gasteiger partial charge in [0.2, 0.25) is 0 Å². The number of imidazole rings is 1. The Bertz CT molecular complexity index is 724. The van der Waals surface area contributed by atoms with Gasteiger partial charge >= 0.3 is 0 Å². The molecule has 3 aromatic rings. The monoisotopic (exact) mass is 250 g/mol. The minimum atomic E-state index is 0.00942. The van der Waals surface area contributed by atoms with E-state index in [1.165, 1.54) is 0 Å². The number of hydrogen-bond donors (Lipinski definition) is 1. The van der Waals surface area contributed by atoms with Crippen molar-refractivity contribution in [1.29, 1.82) is 5.26 Å². The van der Waals surface area contributed by atoms with E-state index in [-0.39, 0.29) is 6.61 Å². The first-order chi connectivity index (χ1) is 9.38. The van der Waals surface area contributed by atoms with Crippen LogP contribution in [0.4, 0.5) is 0 Å². The van der Waals surface area contributed by atoms with E-state index in [1.54, 1.807) is 6.20 Å². The van der Waals surface area contributed by atoms with E-state index in [4.69, 9.17) is 10.00 Å². The maximum Gasteiger partial charge on any atom is 0.178 e. The smallest absolute Gasteiger partial charge is 0.178 e. The van der Waals surface area contributed by atoms with E-state index in [1.807, 2.05) is 42.5 Å². The summed E-state index contributed by atoms with van der Waals surface area (Å²) >= 11 is 0. The normalized spacial score (nSPS) is 10.3. The molecule has 0 radical (unpaired) electrons. The number of benzene rings is 1. The summed E-state index contributed by atoms with van der Waals surface area (Å²) in [5, 5.41) is 8.59. The molecule has 0 unspecified atom stereocenters. The molecule has 92 valence electrons. The van der Waals surface area contributed by atoms with Gasteiger partial charge in [-0.25, -0.2) is 9.97 Å². The van der Waals surface area contributed by atoms with E-state index in [0.717, 1.165) is 11.1 Å². The van der Waals surface area contributed by atoms with Crippen LogP contribution in [0.3, 0.4) is 0 Å². The van der Waals surface area contributed by atoms with Gasteiger partial charge in [-0.2, -0.15) is 5.26 Å². The minimum Gasteiger partial charge on any atom is -0.478 e. The molecular formula is C14H10N4O. The molecule has 1 N–H and O–H groups in total. The Hall–Kier alpha value is -2.87. The Kier molecular flexibility index (Phi) is 2.83. The lowest BCUT2D eigenvalue weighted by Gasteiger charge is -2.06. The lowest BCUT2D eigenvalue weighted by Crippen LogP contribution is -1.96. The van der Waals surface area contributed by atoms with Gasteiger partial charge in [0.05, 0.1) is 11.1 Å². The molecule has 19 heavy (non-hydrogen) atoms. The zero-order valence-corrected chi connectivity index (χ0v) is 10.00. The molecule has 0 aliphatic heterocycles. The van der Waals surface area contributed by atoms with Crippen LogP contribution in [0, 0.1) is 11.3 Å². The van der Waals surface area contributed by atoms with Crippen molar-refractivity contribution in [2.24, 2.45) is 0 Å². The summed E-state index contributed by atoms with van der Waals surface area (Å²) in [6.45, 7) is 0.00942. The Balaban J connectivity index is 2.08. The van der Waals surface area contributed by atoms with Crippen molar-refractivity contribution < 1.29 is 4.74 Å². The number of H-pyrrole nitrogens is 1. The number of fused-ring (bicyclic) bond motifs is 1. The average molecular weight is 250 g/mol. The third kappa shape index (κ3) is 2.11. The molecule has 5 nitrogen and oxygen atoms in total. The highest BCUT2D eigenvalue weighted by Crippen LogP contribution is 2.28. The average Bonchev–Trinajstić information content (AvgIpc) is 2.89. The highest BCUT2D eigenvalue weighted by atomic mass is 16.5. The van der Waals surface area contributed by atoms with Crippen LogP contribution in [0.2, 0.25) is 0 Å². The standard InChI is InChI=1S/C14H10N4O/c15-7-9-19-12-6-2-1-4-10(12)13-17-11-5-3-8-16-14(11)18-13/h1-6,8H,9H2,(H,16,17,18). The molecule has 0 saturated carbocycles. The highest BCUT2D eigenvalue weighted by Gasteiger charge is 2.10. The van der Waals surface area contributed by atoms with Crippen molar-refractivity contribution in [3.8, 4) is 23.2 Å². The summed E-state index contributed by atoms with van der Waals surface area (Å²) in [7, 11) is 0. The molecule has 0 saturated heterocycles. The van der Waals surface area contributed by atoms with Crippen molar-refractivity contribution in [3.63, 3.8) is 0 Å². The largest absolute Gasteiger partial charge is 0.478 e. The molecule has 1 aromatic carbocycles. The molecule has 0 atom stereocenters. The Morgan fingerprint density at radius 3 is 2.95 bits per heavy atom. The van der Waals surface area contributed by atoms with Gasteiger partial charge in [-0.15, -0.1) is 0 Å². The summed E-state index contributed by atoms with van der Waals surface area (Å²) in [4.78, 5) is 11.8. The molecule has 0 aliphatic carbocycles. The summed E-state index contributed by atoms with van der Waals surface area (Å²) in [6.07, 6.45) is 1.70. The Morgan fingerprint density at radius 1 is 1.21 bits per heavy atom. The van der Waals surface area contributed by atoms with Crippen molar-refractivity contribution in [2.45, 2.75) is 0 Å². The van der Waals surface area contributed by atoms with Crippen LogP contribution in [0.15, 0.2) is 42.6 Å². The second kappa shape index (κ2) is 4.78. The van der Waals surface area contributed by atoms with E-state index in [2.05, 4.69) is 15.0 Å². The van der Waals surface area contributed by atoms with E-state index >= 15 is 0 Å². The molecule has 5 heteroatoms. The van der Waals surface area contributed by atoms with Gasteiger partial charge in [0.15, 0.2) is 12.3 Å². The maximum atomic E-state index is 8.59. The number of hydrogen-bond acceptors (Lipinski definition) is 4. The molecule has 0 aliphatic rings. The highest BCUT2D eigenvalue weighted by molar-refractivity contribution is 5.77. The molecule has 0 bridgehead atoms. The summed E-state index contributed by atoms with van der Waals surface area (Å²) in [5.41, 5.74) is 2.34. The molecule has 0 fully saturated rings. The SMILES string of the molecule is N#CCOc1ccccc1-c1nc2ncccc2[nH]1. The number of ether oxygens (including phenoxy) is 1. The Labute approximate surface area is 109 Å². The van der Waals surface area contributed by atoms with Crippen LogP contribution in [-0.4, -0.2) is 21.6 Å². The Morgan fingerprint density at radius 2 is 2.11 bits per heavy atom. The quantitative estimate of drug-likeness (QED) is 0.775. The fourth-order valence-electron chi connectivity index (χ4n) is 1.87. The van der Waals surface area contributed by atoms with Crippen molar-refractivity contribution in [3.05, 3.63) is 42.6 Å². The van der Waals surface area contributed by atoms with E-state index in [0.29, 0.717) is 17.2 Å². The number of nitrogens with zero attached hydrogens (tertiary/aromatic N) is 3. The number of aromatic nitrogens is 3. The number of pyridine rings is 1. The zero-order valence-electron chi connectivity index (χ0n) is 10.00. The van der Waals surface area contributed by atoms with Crippen molar-refractivity contribution >= 4 is 11.2 Å². The first-order valence-electron chi connectivity index (χ1n) is 5.78. The van der Waals surface area contributed by atoms with Crippen LogP contribution >= 0.6 is 0 Å². The fraction of sp³-hybridized carbons (Fsp3) is 0.0714. The van der Waals surface area contributed by atoms with E-state index < -0.39 is 0 Å². The second-order valence-electron chi connectivity index (χ2n) is 3.90.